The van der Waals surface area contributed by atoms with Gasteiger partial charge in [0.15, 0.2) is 0 Å². The molecule has 2 heterocycles. The Morgan fingerprint density at radius 3 is 2.58 bits per heavy atom. The normalized spacial score (nSPS) is 22.1. The van der Waals surface area contributed by atoms with Gasteiger partial charge in [0.05, 0.1) is 24.1 Å². The fourth-order valence-corrected chi connectivity index (χ4v) is 4.23. The second-order valence-corrected chi connectivity index (χ2v) is 8.20. The molecule has 2 aliphatic heterocycles. The van der Waals surface area contributed by atoms with Crippen molar-refractivity contribution >= 4 is 29.2 Å². The van der Waals surface area contributed by atoms with Crippen LogP contribution in [0.3, 0.4) is 0 Å². The van der Waals surface area contributed by atoms with Crippen LogP contribution >= 0.6 is 0 Å². The number of likely N-dealkylation sites (N-methyl/N-ethyl adjacent to an activating group) is 1. The van der Waals surface area contributed by atoms with Crippen LogP contribution in [-0.2, 0) is 9.53 Å². The summed E-state index contributed by atoms with van der Waals surface area (Å²) in [6.45, 7) is 0.265. The van der Waals surface area contributed by atoms with Crippen molar-refractivity contribution in [3.05, 3.63) is 54.1 Å². The van der Waals surface area contributed by atoms with E-state index in [1.165, 1.54) is 0 Å². The van der Waals surface area contributed by atoms with Gasteiger partial charge in [-0.25, -0.2) is 4.79 Å². The van der Waals surface area contributed by atoms with Crippen LogP contribution in [0.2, 0.25) is 0 Å². The maximum Gasteiger partial charge on any atom is 0.323 e. The molecule has 1 saturated heterocycles. The molecule has 0 bridgehead atoms. The molecule has 9 heteroatoms. The predicted molar refractivity (Wildman–Crippen MR) is 123 cm³/mol. The van der Waals surface area contributed by atoms with E-state index in [1.54, 1.807) is 49.3 Å². The molecule has 3 atom stereocenters. The largest absolute Gasteiger partial charge is 0.490 e. The van der Waals surface area contributed by atoms with Crippen molar-refractivity contribution in [2.24, 2.45) is 0 Å². The second kappa shape index (κ2) is 9.91. The number of hydrogen-bond acceptors (Lipinski definition) is 5. The molecule has 4 rings (SSSR count). The Morgan fingerprint density at radius 2 is 1.82 bits per heavy atom. The van der Waals surface area contributed by atoms with Gasteiger partial charge in [0.2, 0.25) is 5.91 Å². The summed E-state index contributed by atoms with van der Waals surface area (Å²) < 4.78 is 12.1. The van der Waals surface area contributed by atoms with Crippen LogP contribution in [-0.4, -0.2) is 61.7 Å². The van der Waals surface area contributed by atoms with E-state index in [9.17, 15) is 14.4 Å². The van der Waals surface area contributed by atoms with Gasteiger partial charge in [0.25, 0.3) is 5.91 Å². The predicted octanol–water partition coefficient (Wildman–Crippen LogP) is 2.85. The van der Waals surface area contributed by atoms with Crippen LogP contribution in [0.4, 0.5) is 16.2 Å². The topological polar surface area (TPSA) is 109 Å². The van der Waals surface area contributed by atoms with Crippen molar-refractivity contribution in [3.63, 3.8) is 0 Å². The molecular formula is C24H28N4O5. The van der Waals surface area contributed by atoms with E-state index in [4.69, 9.17) is 9.47 Å². The fourth-order valence-electron chi connectivity index (χ4n) is 4.23. The van der Waals surface area contributed by atoms with Gasteiger partial charge < -0.3 is 30.3 Å². The minimum Gasteiger partial charge on any atom is -0.490 e. The molecule has 2 aliphatic rings. The lowest BCUT2D eigenvalue weighted by Gasteiger charge is -2.42. The Morgan fingerprint density at radius 1 is 1.06 bits per heavy atom. The van der Waals surface area contributed by atoms with Crippen molar-refractivity contribution in [2.75, 3.05) is 31.3 Å². The molecular weight excluding hydrogens is 424 g/mol. The minimum atomic E-state index is -0.406. The van der Waals surface area contributed by atoms with E-state index in [2.05, 4.69) is 16.0 Å². The van der Waals surface area contributed by atoms with Crippen molar-refractivity contribution in [1.29, 1.82) is 0 Å². The summed E-state index contributed by atoms with van der Waals surface area (Å²) in [5, 5.41) is 8.13. The second-order valence-electron chi connectivity index (χ2n) is 8.20. The molecule has 174 valence electrons. The number of benzene rings is 2. The summed E-state index contributed by atoms with van der Waals surface area (Å²) in [6, 6.07) is 13.5. The smallest absolute Gasteiger partial charge is 0.323 e. The number of hydrogen-bond donors (Lipinski definition) is 3. The molecule has 0 aliphatic carbocycles. The Labute approximate surface area is 192 Å². The van der Waals surface area contributed by atoms with Gasteiger partial charge in [0, 0.05) is 25.5 Å². The third-order valence-corrected chi connectivity index (χ3v) is 5.99. The first kappa shape index (κ1) is 22.6. The van der Waals surface area contributed by atoms with Gasteiger partial charge in [0.1, 0.15) is 18.5 Å². The maximum absolute atomic E-state index is 13.3. The van der Waals surface area contributed by atoms with Crippen molar-refractivity contribution < 1.29 is 23.9 Å². The SMILES string of the molecule is CNC(=O)C[C@@H]1CC[C@H]2[C@@H](COc3ccc(NC(=O)Nc4ccccc4)cc3C(=O)N2C)O1. The Balaban J connectivity index is 1.47. The maximum atomic E-state index is 13.3. The lowest BCUT2D eigenvalue weighted by Crippen LogP contribution is -2.53. The monoisotopic (exact) mass is 452 g/mol. The lowest BCUT2D eigenvalue weighted by molar-refractivity contribution is -0.133. The van der Waals surface area contributed by atoms with Gasteiger partial charge in [-0.15, -0.1) is 0 Å². The molecule has 0 aromatic heterocycles. The van der Waals surface area contributed by atoms with Crippen molar-refractivity contribution in [3.8, 4) is 5.75 Å². The third kappa shape index (κ3) is 5.25. The first-order valence-corrected chi connectivity index (χ1v) is 11.0. The number of rotatable bonds is 4. The van der Waals surface area contributed by atoms with Crippen LogP contribution in [0, 0.1) is 0 Å². The number of amides is 4. The molecule has 0 unspecified atom stereocenters. The summed E-state index contributed by atoms with van der Waals surface area (Å²) in [6.07, 6.45) is 1.15. The summed E-state index contributed by atoms with van der Waals surface area (Å²) >= 11 is 0. The van der Waals surface area contributed by atoms with Crippen molar-refractivity contribution in [2.45, 2.75) is 37.5 Å². The molecule has 33 heavy (non-hydrogen) atoms. The molecule has 2 aromatic carbocycles. The molecule has 9 nitrogen and oxygen atoms in total. The van der Waals surface area contributed by atoms with E-state index in [-0.39, 0.29) is 43.1 Å². The van der Waals surface area contributed by atoms with Gasteiger partial charge in [-0.3, -0.25) is 9.59 Å². The number of ether oxygens (including phenoxy) is 2. The highest BCUT2D eigenvalue weighted by atomic mass is 16.5. The average Bonchev–Trinajstić information content (AvgIpc) is 2.82. The van der Waals surface area contributed by atoms with Gasteiger partial charge >= 0.3 is 6.03 Å². The van der Waals surface area contributed by atoms with E-state index >= 15 is 0 Å². The van der Waals surface area contributed by atoms with Gasteiger partial charge in [-0.1, -0.05) is 18.2 Å². The molecule has 0 saturated carbocycles. The van der Waals surface area contributed by atoms with Crippen LogP contribution in [0.15, 0.2) is 48.5 Å². The Bertz CT molecular complexity index is 1030. The molecule has 2 aromatic rings. The fraction of sp³-hybridized carbons (Fsp3) is 0.375. The first-order valence-electron chi connectivity index (χ1n) is 11.0. The zero-order valence-corrected chi connectivity index (χ0v) is 18.7. The highest BCUT2D eigenvalue weighted by Gasteiger charge is 2.39. The first-order chi connectivity index (χ1) is 15.9. The number of anilines is 2. The summed E-state index contributed by atoms with van der Waals surface area (Å²) in [4.78, 5) is 39.0. The van der Waals surface area contributed by atoms with Crippen LogP contribution in [0.1, 0.15) is 29.6 Å². The average molecular weight is 453 g/mol. The summed E-state index contributed by atoms with van der Waals surface area (Å²) in [7, 11) is 3.35. The number of fused-ring (bicyclic) bond motifs is 2. The van der Waals surface area contributed by atoms with Gasteiger partial charge in [-0.2, -0.15) is 0 Å². The zero-order valence-electron chi connectivity index (χ0n) is 18.7. The highest BCUT2D eigenvalue weighted by Crippen LogP contribution is 2.32. The number of carbonyl (C=O) groups is 3. The van der Waals surface area contributed by atoms with Crippen LogP contribution in [0.25, 0.3) is 0 Å². The van der Waals surface area contributed by atoms with Crippen LogP contribution < -0.4 is 20.7 Å². The molecule has 3 N–H and O–H groups in total. The summed E-state index contributed by atoms with van der Waals surface area (Å²) in [5.41, 5.74) is 1.52. The van der Waals surface area contributed by atoms with E-state index < -0.39 is 6.03 Å². The quantitative estimate of drug-likeness (QED) is 0.661. The molecule has 0 spiro atoms. The highest BCUT2D eigenvalue weighted by molar-refractivity contribution is 6.02. The molecule has 4 amide bonds. The number of nitrogens with zero attached hydrogens (tertiary/aromatic N) is 1. The summed E-state index contributed by atoms with van der Waals surface area (Å²) in [5.74, 6) is 0.146. The number of para-hydroxylation sites is 1. The van der Waals surface area contributed by atoms with Crippen LogP contribution in [0.5, 0.6) is 5.75 Å². The Kier molecular flexibility index (Phi) is 6.79. The minimum absolute atomic E-state index is 0.0729. The van der Waals surface area contributed by atoms with E-state index in [0.29, 0.717) is 35.5 Å². The number of urea groups is 1. The van der Waals surface area contributed by atoms with Gasteiger partial charge in [-0.05, 0) is 43.2 Å². The molecule has 0 radical (unpaired) electrons. The van der Waals surface area contributed by atoms with E-state index in [1.807, 2.05) is 18.2 Å². The Hall–Kier alpha value is -3.59. The molecule has 1 fully saturated rings. The van der Waals surface area contributed by atoms with Crippen molar-refractivity contribution in [1.82, 2.24) is 10.2 Å². The van der Waals surface area contributed by atoms with E-state index in [0.717, 1.165) is 0 Å². The number of carbonyl (C=O) groups excluding carboxylic acids is 3. The lowest BCUT2D eigenvalue weighted by atomic mass is 9.94. The standard InChI is InChI=1S/C24H28N4O5/c1-25-22(29)13-17-9-10-19-21(33-17)14-32-20-11-8-16(12-18(20)23(30)28(19)2)27-24(31)26-15-6-4-3-5-7-15/h3-8,11-12,17,19,21H,9-10,13-14H2,1-2H3,(H,25,29)(H2,26,27,31)/t17-,19-,21+/m0/s1. The third-order valence-electron chi connectivity index (χ3n) is 5.99. The number of nitrogens with one attached hydrogen (secondary N) is 3. The zero-order chi connectivity index (χ0) is 23.4.